The molecule has 1 aliphatic rings. The first-order chi connectivity index (χ1) is 7.86. The van der Waals surface area contributed by atoms with Crippen LogP contribution in [0.15, 0.2) is 23.9 Å². The number of hydrogen-bond acceptors (Lipinski definition) is 3. The molecule has 86 valence electrons. The molecule has 0 spiro atoms. The highest BCUT2D eigenvalue weighted by atomic mass is 32.1. The third kappa shape index (κ3) is 3.17. The van der Waals surface area contributed by atoms with Gasteiger partial charge in [-0.15, -0.1) is 0 Å². The molecule has 2 rings (SSSR count). The van der Waals surface area contributed by atoms with Crippen molar-refractivity contribution in [3.05, 3.63) is 28.8 Å². The van der Waals surface area contributed by atoms with E-state index in [1.807, 2.05) is 0 Å². The third-order valence-corrected chi connectivity index (χ3v) is 3.52. The summed E-state index contributed by atoms with van der Waals surface area (Å²) in [6, 6.07) is 1.75. The van der Waals surface area contributed by atoms with Crippen LogP contribution >= 0.6 is 11.5 Å². The summed E-state index contributed by atoms with van der Waals surface area (Å²) in [5.41, 5.74) is 1.50. The quantitative estimate of drug-likeness (QED) is 0.817. The number of carbonyl (C=O) groups is 1. The normalized spacial score (nSPS) is 15.6. The molecule has 0 saturated heterocycles. The Morgan fingerprint density at radius 2 is 2.44 bits per heavy atom. The maximum absolute atomic E-state index is 11.6. The van der Waals surface area contributed by atoms with Crippen LogP contribution in [-0.4, -0.2) is 16.8 Å². The standard InChI is InChI=1S/C12H16N2OS/c15-12(11-7-9-14-16-11)13-8-6-10-4-2-1-3-5-10/h4,7,9H,1-3,5-6,8H2,(H,13,15). The fourth-order valence-electron chi connectivity index (χ4n) is 1.89. The lowest BCUT2D eigenvalue weighted by atomic mass is 9.97. The highest BCUT2D eigenvalue weighted by Crippen LogP contribution is 2.19. The van der Waals surface area contributed by atoms with Gasteiger partial charge in [-0.25, -0.2) is 4.37 Å². The topological polar surface area (TPSA) is 42.0 Å². The molecule has 0 atom stereocenters. The van der Waals surface area contributed by atoms with Gasteiger partial charge in [0.05, 0.1) is 0 Å². The van der Waals surface area contributed by atoms with Gasteiger partial charge in [-0.3, -0.25) is 4.79 Å². The zero-order valence-electron chi connectivity index (χ0n) is 9.24. The number of nitrogens with zero attached hydrogens (tertiary/aromatic N) is 1. The molecule has 0 bridgehead atoms. The Bertz CT molecular complexity index is 370. The van der Waals surface area contributed by atoms with Crippen molar-refractivity contribution in [1.29, 1.82) is 0 Å². The predicted molar refractivity (Wildman–Crippen MR) is 65.6 cm³/mol. The highest BCUT2D eigenvalue weighted by molar-refractivity contribution is 7.08. The largest absolute Gasteiger partial charge is 0.351 e. The molecule has 0 aliphatic heterocycles. The Kier molecular flexibility index (Phi) is 4.10. The van der Waals surface area contributed by atoms with Gasteiger partial charge in [0.2, 0.25) is 0 Å². The number of aromatic nitrogens is 1. The molecule has 1 aliphatic carbocycles. The summed E-state index contributed by atoms with van der Waals surface area (Å²) in [5.74, 6) is -0.00101. The number of rotatable bonds is 4. The first-order valence-corrected chi connectivity index (χ1v) is 6.50. The molecule has 1 aromatic rings. The Balaban J connectivity index is 1.72. The van der Waals surface area contributed by atoms with Crippen LogP contribution < -0.4 is 5.32 Å². The Morgan fingerprint density at radius 1 is 1.50 bits per heavy atom. The van der Waals surface area contributed by atoms with Crippen molar-refractivity contribution < 1.29 is 4.79 Å². The van der Waals surface area contributed by atoms with Crippen LogP contribution in [0.5, 0.6) is 0 Å². The number of amides is 1. The Morgan fingerprint density at radius 3 is 3.12 bits per heavy atom. The van der Waals surface area contributed by atoms with Crippen molar-refractivity contribution in [3.8, 4) is 0 Å². The van der Waals surface area contributed by atoms with Crippen LogP contribution in [0.1, 0.15) is 41.8 Å². The van der Waals surface area contributed by atoms with Crippen molar-refractivity contribution in [2.24, 2.45) is 0 Å². The minimum atomic E-state index is -0.00101. The zero-order valence-corrected chi connectivity index (χ0v) is 10.1. The van der Waals surface area contributed by atoms with Crippen LogP contribution in [-0.2, 0) is 0 Å². The van der Waals surface area contributed by atoms with Crippen molar-refractivity contribution in [2.45, 2.75) is 32.1 Å². The molecule has 16 heavy (non-hydrogen) atoms. The second-order valence-electron chi connectivity index (χ2n) is 3.99. The first-order valence-electron chi connectivity index (χ1n) is 5.73. The maximum atomic E-state index is 11.6. The van der Waals surface area contributed by atoms with Gasteiger partial charge in [-0.2, -0.15) is 0 Å². The molecule has 3 nitrogen and oxygen atoms in total. The van der Waals surface area contributed by atoms with E-state index in [1.54, 1.807) is 12.3 Å². The van der Waals surface area contributed by atoms with Crippen LogP contribution in [0.2, 0.25) is 0 Å². The van der Waals surface area contributed by atoms with Gasteiger partial charge in [-0.1, -0.05) is 11.6 Å². The van der Waals surface area contributed by atoms with E-state index in [1.165, 1.54) is 42.8 Å². The van der Waals surface area contributed by atoms with Crippen molar-refractivity contribution in [3.63, 3.8) is 0 Å². The Labute approximate surface area is 99.7 Å². The van der Waals surface area contributed by atoms with E-state index in [0.717, 1.165) is 13.0 Å². The van der Waals surface area contributed by atoms with Crippen molar-refractivity contribution in [1.82, 2.24) is 9.69 Å². The monoisotopic (exact) mass is 236 g/mol. The van der Waals surface area contributed by atoms with E-state index in [9.17, 15) is 4.79 Å². The lowest BCUT2D eigenvalue weighted by molar-refractivity contribution is 0.0958. The van der Waals surface area contributed by atoms with Crippen LogP contribution in [0.4, 0.5) is 0 Å². The summed E-state index contributed by atoms with van der Waals surface area (Å²) in [6.45, 7) is 0.739. The Hall–Kier alpha value is -1.16. The molecule has 0 saturated carbocycles. The molecular weight excluding hydrogens is 220 g/mol. The van der Waals surface area contributed by atoms with E-state index in [-0.39, 0.29) is 5.91 Å². The highest BCUT2D eigenvalue weighted by Gasteiger charge is 2.07. The summed E-state index contributed by atoms with van der Waals surface area (Å²) in [6.07, 6.45) is 10.00. The molecule has 0 fully saturated rings. The average molecular weight is 236 g/mol. The summed E-state index contributed by atoms with van der Waals surface area (Å²) in [5, 5.41) is 2.92. The number of carbonyl (C=O) groups excluding carboxylic acids is 1. The number of allylic oxidation sites excluding steroid dienone is 1. The first kappa shape index (κ1) is 11.3. The summed E-state index contributed by atoms with van der Waals surface area (Å²) >= 11 is 1.24. The van der Waals surface area contributed by atoms with Gasteiger partial charge in [0.25, 0.3) is 5.91 Å². The predicted octanol–water partition coefficient (Wildman–Crippen LogP) is 2.76. The zero-order chi connectivity index (χ0) is 11.2. The summed E-state index contributed by atoms with van der Waals surface area (Å²) < 4.78 is 3.91. The lowest BCUT2D eigenvalue weighted by Gasteiger charge is -2.12. The maximum Gasteiger partial charge on any atom is 0.262 e. The minimum absolute atomic E-state index is 0.00101. The van der Waals surface area contributed by atoms with Crippen molar-refractivity contribution in [2.75, 3.05) is 6.54 Å². The molecule has 0 radical (unpaired) electrons. The van der Waals surface area contributed by atoms with E-state index in [4.69, 9.17) is 0 Å². The minimum Gasteiger partial charge on any atom is -0.351 e. The van der Waals surface area contributed by atoms with E-state index in [2.05, 4.69) is 15.8 Å². The fourth-order valence-corrected chi connectivity index (χ4v) is 2.40. The van der Waals surface area contributed by atoms with E-state index in [0.29, 0.717) is 4.88 Å². The summed E-state index contributed by atoms with van der Waals surface area (Å²) in [7, 11) is 0. The molecule has 4 heteroatoms. The molecular formula is C12H16N2OS. The fraction of sp³-hybridized carbons (Fsp3) is 0.500. The summed E-state index contributed by atoms with van der Waals surface area (Å²) in [4.78, 5) is 12.3. The van der Waals surface area contributed by atoms with Crippen LogP contribution in [0.3, 0.4) is 0 Å². The molecule has 1 amide bonds. The van der Waals surface area contributed by atoms with Gasteiger partial charge in [0.15, 0.2) is 0 Å². The molecule has 0 unspecified atom stereocenters. The van der Waals surface area contributed by atoms with Crippen molar-refractivity contribution >= 4 is 17.4 Å². The smallest absolute Gasteiger partial charge is 0.262 e. The van der Waals surface area contributed by atoms with Gasteiger partial charge in [0, 0.05) is 12.7 Å². The van der Waals surface area contributed by atoms with Crippen LogP contribution in [0, 0.1) is 0 Å². The second-order valence-corrected chi connectivity index (χ2v) is 4.82. The van der Waals surface area contributed by atoms with Gasteiger partial charge < -0.3 is 5.32 Å². The average Bonchev–Trinajstić information content (AvgIpc) is 2.84. The molecule has 0 aromatic carbocycles. The van der Waals surface area contributed by atoms with Gasteiger partial charge in [-0.05, 0) is 49.7 Å². The second kappa shape index (κ2) is 5.80. The number of hydrogen-bond donors (Lipinski definition) is 1. The SMILES string of the molecule is O=C(NCCC1=CCCCC1)c1ccns1. The molecule has 1 heterocycles. The van der Waals surface area contributed by atoms with Gasteiger partial charge >= 0.3 is 0 Å². The lowest BCUT2D eigenvalue weighted by Crippen LogP contribution is -2.23. The van der Waals surface area contributed by atoms with Crippen LogP contribution in [0.25, 0.3) is 0 Å². The number of nitrogens with one attached hydrogen (secondary N) is 1. The third-order valence-electron chi connectivity index (χ3n) is 2.78. The molecule has 1 N–H and O–H groups in total. The van der Waals surface area contributed by atoms with Gasteiger partial charge in [0.1, 0.15) is 4.88 Å². The van der Waals surface area contributed by atoms with E-state index < -0.39 is 0 Å². The molecule has 1 aromatic heterocycles. The van der Waals surface area contributed by atoms with E-state index >= 15 is 0 Å².